The molecule has 0 aliphatic carbocycles. The molecule has 6 nitrogen and oxygen atoms in total. The third kappa shape index (κ3) is 7.13. The zero-order valence-electron chi connectivity index (χ0n) is 15.5. The topological polar surface area (TPSA) is 67.9 Å². The van der Waals surface area contributed by atoms with Crippen molar-refractivity contribution in [3.8, 4) is 5.75 Å². The van der Waals surface area contributed by atoms with Crippen LogP contribution in [0.25, 0.3) is 0 Å². The molecule has 27 heavy (non-hydrogen) atoms. The van der Waals surface area contributed by atoms with Crippen molar-refractivity contribution in [2.75, 3.05) is 26.2 Å². The molecule has 1 aliphatic heterocycles. The molecular weight excluding hydrogens is 358 g/mol. The van der Waals surface area contributed by atoms with Gasteiger partial charge in [0.25, 0.3) is 0 Å². The Morgan fingerprint density at radius 2 is 2.00 bits per heavy atom. The van der Waals surface area contributed by atoms with Crippen LogP contribution in [0.1, 0.15) is 31.7 Å². The molecule has 0 spiro atoms. The third-order valence-corrected chi connectivity index (χ3v) is 4.40. The van der Waals surface area contributed by atoms with E-state index in [1.807, 2.05) is 4.90 Å². The number of carbonyl (C=O) groups excluding carboxylic acids is 2. The van der Waals surface area contributed by atoms with E-state index in [0.29, 0.717) is 32.5 Å². The van der Waals surface area contributed by atoms with Gasteiger partial charge in [-0.3, -0.25) is 14.5 Å². The maximum absolute atomic E-state index is 12.2. The van der Waals surface area contributed by atoms with Crippen molar-refractivity contribution < 1.29 is 27.8 Å². The lowest BCUT2D eigenvalue weighted by atomic mass is 10.0. The van der Waals surface area contributed by atoms with Crippen molar-refractivity contribution in [2.45, 2.75) is 45.3 Å². The van der Waals surface area contributed by atoms with Gasteiger partial charge in [0.2, 0.25) is 5.91 Å². The number of ether oxygens (including phenoxy) is 2. The lowest BCUT2D eigenvalue weighted by molar-refractivity contribution is -0.151. The minimum absolute atomic E-state index is 0.105. The molecule has 1 fully saturated rings. The Bertz CT molecular complexity index is 610. The van der Waals surface area contributed by atoms with E-state index in [-0.39, 0.29) is 30.2 Å². The quantitative estimate of drug-likeness (QED) is 0.662. The highest BCUT2D eigenvalue weighted by molar-refractivity contribution is 5.80. The number of likely N-dealkylation sites (tertiary alicyclic amines) is 1. The molecule has 0 bridgehead atoms. The van der Waals surface area contributed by atoms with Crippen molar-refractivity contribution in [3.63, 3.8) is 0 Å². The minimum Gasteiger partial charge on any atom is -0.465 e. The fourth-order valence-electron chi connectivity index (χ4n) is 3.11. The number of benzene rings is 1. The normalized spacial score (nSPS) is 17.6. The first-order valence-corrected chi connectivity index (χ1v) is 9.20. The Hall–Kier alpha value is -2.22. The average molecular weight is 384 g/mol. The number of nitrogens with zero attached hydrogens (tertiary/aromatic N) is 1. The van der Waals surface area contributed by atoms with Crippen LogP contribution in [0.5, 0.6) is 5.75 Å². The molecule has 0 aromatic heterocycles. The van der Waals surface area contributed by atoms with Crippen LogP contribution in [-0.2, 0) is 20.7 Å². The van der Waals surface area contributed by atoms with Crippen molar-refractivity contribution in [1.29, 1.82) is 0 Å². The van der Waals surface area contributed by atoms with Crippen LogP contribution >= 0.6 is 0 Å². The zero-order valence-corrected chi connectivity index (χ0v) is 15.5. The molecule has 1 heterocycles. The first-order chi connectivity index (χ1) is 13.0. The number of carbonyl (C=O) groups is 2. The first kappa shape index (κ1) is 21.1. The van der Waals surface area contributed by atoms with Gasteiger partial charge in [-0.05, 0) is 50.4 Å². The Morgan fingerprint density at radius 3 is 2.67 bits per heavy atom. The summed E-state index contributed by atoms with van der Waals surface area (Å²) in [5.41, 5.74) is 0.902. The second-order valence-corrected chi connectivity index (χ2v) is 6.36. The summed E-state index contributed by atoms with van der Waals surface area (Å²) in [7, 11) is 0. The number of rotatable bonds is 9. The Morgan fingerprint density at radius 1 is 1.26 bits per heavy atom. The second-order valence-electron chi connectivity index (χ2n) is 6.36. The number of hydrogen-bond donors (Lipinski definition) is 1. The molecule has 150 valence electrons. The van der Waals surface area contributed by atoms with E-state index in [4.69, 9.17) is 4.74 Å². The van der Waals surface area contributed by atoms with E-state index >= 15 is 0 Å². The Kier molecular flexibility index (Phi) is 8.44. The predicted octanol–water partition coefficient (Wildman–Crippen LogP) is 2.36. The van der Waals surface area contributed by atoms with Crippen LogP contribution in [0, 0.1) is 0 Å². The molecule has 1 unspecified atom stereocenters. The highest BCUT2D eigenvalue weighted by Crippen LogP contribution is 2.18. The summed E-state index contributed by atoms with van der Waals surface area (Å²) in [6.45, 7) is 0.530. The molecule has 1 N–H and O–H groups in total. The molecule has 1 amide bonds. The van der Waals surface area contributed by atoms with Crippen molar-refractivity contribution in [3.05, 3.63) is 29.8 Å². The van der Waals surface area contributed by atoms with Gasteiger partial charge in [0.15, 0.2) is 0 Å². The van der Waals surface area contributed by atoms with Gasteiger partial charge in [-0.1, -0.05) is 18.6 Å². The summed E-state index contributed by atoms with van der Waals surface area (Å²) in [5, 5.41) is 2.83. The van der Waals surface area contributed by atoms with Gasteiger partial charge in [0, 0.05) is 6.54 Å². The second kappa shape index (κ2) is 10.8. The van der Waals surface area contributed by atoms with E-state index in [9.17, 15) is 18.4 Å². The van der Waals surface area contributed by atoms with Crippen LogP contribution in [0.4, 0.5) is 8.78 Å². The number of halogens is 2. The lowest BCUT2D eigenvalue weighted by Crippen LogP contribution is -2.49. The third-order valence-electron chi connectivity index (χ3n) is 4.40. The molecule has 0 radical (unpaired) electrons. The van der Waals surface area contributed by atoms with Gasteiger partial charge >= 0.3 is 12.6 Å². The minimum atomic E-state index is -2.84. The van der Waals surface area contributed by atoms with Gasteiger partial charge < -0.3 is 14.8 Å². The molecule has 1 atom stereocenters. The van der Waals surface area contributed by atoms with E-state index < -0.39 is 6.61 Å². The Labute approximate surface area is 157 Å². The summed E-state index contributed by atoms with van der Waals surface area (Å²) >= 11 is 0. The number of piperidine rings is 1. The maximum atomic E-state index is 12.2. The van der Waals surface area contributed by atoms with E-state index in [1.54, 1.807) is 19.1 Å². The zero-order chi connectivity index (χ0) is 19.6. The number of alkyl halides is 2. The largest absolute Gasteiger partial charge is 0.465 e. The summed E-state index contributed by atoms with van der Waals surface area (Å²) in [6, 6.07) is 5.96. The van der Waals surface area contributed by atoms with Crippen molar-refractivity contribution >= 4 is 11.9 Å². The molecule has 8 heteroatoms. The monoisotopic (exact) mass is 384 g/mol. The van der Waals surface area contributed by atoms with Crippen molar-refractivity contribution in [2.24, 2.45) is 0 Å². The molecule has 2 rings (SSSR count). The summed E-state index contributed by atoms with van der Waals surface area (Å²) in [6.07, 6.45) is 3.18. The molecular formula is C19H26F2N2O4. The maximum Gasteiger partial charge on any atom is 0.387 e. The van der Waals surface area contributed by atoms with Gasteiger partial charge in [-0.2, -0.15) is 8.78 Å². The molecule has 1 aromatic rings. The van der Waals surface area contributed by atoms with Crippen LogP contribution in [0.3, 0.4) is 0 Å². The fraction of sp³-hybridized carbons (Fsp3) is 0.579. The van der Waals surface area contributed by atoms with Crippen molar-refractivity contribution in [1.82, 2.24) is 10.2 Å². The van der Waals surface area contributed by atoms with Gasteiger partial charge in [0.1, 0.15) is 11.8 Å². The summed E-state index contributed by atoms with van der Waals surface area (Å²) < 4.78 is 33.6. The number of esters is 1. The average Bonchev–Trinajstić information content (AvgIpc) is 2.63. The number of hydrogen-bond acceptors (Lipinski definition) is 5. The molecule has 1 aromatic carbocycles. The first-order valence-electron chi connectivity index (χ1n) is 9.20. The van der Waals surface area contributed by atoms with Crippen LogP contribution in [0.15, 0.2) is 24.3 Å². The number of amides is 1. The molecule has 1 saturated heterocycles. The highest BCUT2D eigenvalue weighted by Gasteiger charge is 2.30. The molecule has 0 saturated carbocycles. The lowest BCUT2D eigenvalue weighted by Gasteiger charge is -2.33. The SMILES string of the molecule is CCOC(=O)C1CCCCN1CC(=O)NCCc1ccc(OC(F)F)cc1. The van der Waals surface area contributed by atoms with E-state index in [2.05, 4.69) is 10.1 Å². The van der Waals surface area contributed by atoms with Crippen LogP contribution in [-0.4, -0.2) is 55.7 Å². The van der Waals surface area contributed by atoms with Gasteiger partial charge in [0.05, 0.1) is 13.2 Å². The van der Waals surface area contributed by atoms with Gasteiger partial charge in [-0.15, -0.1) is 0 Å². The highest BCUT2D eigenvalue weighted by atomic mass is 19.3. The van der Waals surface area contributed by atoms with Gasteiger partial charge in [-0.25, -0.2) is 0 Å². The summed E-state index contributed by atoms with van der Waals surface area (Å²) in [4.78, 5) is 26.1. The summed E-state index contributed by atoms with van der Waals surface area (Å²) in [5.74, 6) is -0.312. The van der Waals surface area contributed by atoms with E-state index in [1.165, 1.54) is 12.1 Å². The fourth-order valence-corrected chi connectivity index (χ4v) is 3.11. The van der Waals surface area contributed by atoms with Crippen LogP contribution < -0.4 is 10.1 Å². The van der Waals surface area contributed by atoms with Crippen LogP contribution in [0.2, 0.25) is 0 Å². The number of nitrogens with one attached hydrogen (secondary N) is 1. The Balaban J connectivity index is 1.75. The smallest absolute Gasteiger partial charge is 0.387 e. The standard InChI is InChI=1S/C19H26F2N2O4/c1-2-26-18(25)16-5-3-4-12-23(16)13-17(24)22-11-10-14-6-8-15(9-7-14)27-19(20)21/h6-9,16,19H,2-5,10-13H2,1H3,(H,22,24). The van der Waals surface area contributed by atoms with E-state index in [0.717, 1.165) is 18.4 Å². The molecule has 1 aliphatic rings. The predicted molar refractivity (Wildman–Crippen MR) is 95.6 cm³/mol.